The second-order valence-corrected chi connectivity index (χ2v) is 5.29. The third kappa shape index (κ3) is 3.80. The minimum absolute atomic E-state index is 1.20. The fourth-order valence-electron chi connectivity index (χ4n) is 3.21. The highest BCUT2D eigenvalue weighted by Gasteiger charge is 2.18. The third-order valence-electron chi connectivity index (χ3n) is 4.12. The van der Waals surface area contributed by atoms with Crippen LogP contribution in [0.3, 0.4) is 0 Å². The minimum atomic E-state index is 1.20. The Kier molecular flexibility index (Phi) is 7.95. The second kappa shape index (κ2) is 9.46. The van der Waals surface area contributed by atoms with E-state index in [0.717, 1.165) is 0 Å². The van der Waals surface area contributed by atoms with Gasteiger partial charge in [0.1, 0.15) is 0 Å². The van der Waals surface area contributed by atoms with E-state index in [4.69, 9.17) is 0 Å². The average molecular weight is 296 g/mol. The van der Waals surface area contributed by atoms with Gasteiger partial charge in [-0.25, -0.2) is 0 Å². The van der Waals surface area contributed by atoms with Crippen LogP contribution in [0.25, 0.3) is 11.1 Å². The maximum atomic E-state index is 2.32. The molecule has 0 heterocycles. The highest BCUT2D eigenvalue weighted by Crippen LogP contribution is 2.36. The molecular weight excluding hydrogens is 264 g/mol. The fraction of sp³-hybridized carbons (Fsp3) is 0.455. The summed E-state index contributed by atoms with van der Waals surface area (Å²) in [5.41, 5.74) is 9.12. The predicted octanol–water partition coefficient (Wildman–Crippen LogP) is 6.77. The van der Waals surface area contributed by atoms with Crippen LogP contribution in [0, 0.1) is 6.92 Å². The quantitative estimate of drug-likeness (QED) is 0.574. The average Bonchev–Trinajstić information content (AvgIpc) is 2.60. The van der Waals surface area contributed by atoms with Crippen molar-refractivity contribution in [2.24, 2.45) is 0 Å². The van der Waals surface area contributed by atoms with E-state index >= 15 is 0 Å². The molecule has 0 atom stereocenters. The molecule has 0 saturated carbocycles. The van der Waals surface area contributed by atoms with Crippen molar-refractivity contribution in [2.75, 3.05) is 0 Å². The van der Waals surface area contributed by atoms with E-state index in [9.17, 15) is 0 Å². The molecule has 0 aromatic heterocycles. The first-order valence-corrected chi connectivity index (χ1v) is 9.01. The number of aryl methyl sites for hydroxylation is 2. The van der Waals surface area contributed by atoms with Crippen molar-refractivity contribution in [3.63, 3.8) is 0 Å². The van der Waals surface area contributed by atoms with Gasteiger partial charge in [-0.05, 0) is 59.6 Å². The van der Waals surface area contributed by atoms with Crippen molar-refractivity contribution in [1.29, 1.82) is 0 Å². The van der Waals surface area contributed by atoms with Gasteiger partial charge in [0.05, 0.1) is 0 Å². The number of rotatable bonds is 2. The summed E-state index contributed by atoms with van der Waals surface area (Å²) in [5.74, 6) is 0. The third-order valence-corrected chi connectivity index (χ3v) is 4.12. The Morgan fingerprint density at radius 2 is 1.50 bits per heavy atom. The smallest absolute Gasteiger partial charge is 0.0146 e. The summed E-state index contributed by atoms with van der Waals surface area (Å²) in [4.78, 5) is 0. The Labute approximate surface area is 137 Å². The Hall–Kier alpha value is -1.56. The van der Waals surface area contributed by atoms with Gasteiger partial charge in [-0.1, -0.05) is 77.4 Å². The van der Waals surface area contributed by atoms with Crippen molar-refractivity contribution >= 4 is 0 Å². The predicted molar refractivity (Wildman–Crippen MR) is 101 cm³/mol. The van der Waals surface area contributed by atoms with Gasteiger partial charge >= 0.3 is 0 Å². The van der Waals surface area contributed by atoms with Crippen LogP contribution in [0.2, 0.25) is 0 Å². The number of benzene rings is 2. The lowest BCUT2D eigenvalue weighted by atomic mass is 9.81. The van der Waals surface area contributed by atoms with E-state index in [0.29, 0.717) is 0 Å². The molecule has 1 aliphatic rings. The van der Waals surface area contributed by atoms with E-state index in [1.807, 2.05) is 27.7 Å². The Bertz CT molecular complexity index is 579. The van der Waals surface area contributed by atoms with E-state index in [-0.39, 0.29) is 0 Å². The number of fused-ring (bicyclic) bond motifs is 3. The summed E-state index contributed by atoms with van der Waals surface area (Å²) < 4.78 is 0. The SMILES string of the molecule is CC.CC.CCCc1c(C)ccc2c1CCc1ccccc1-2. The standard InChI is InChI=1S/C18H20.2C2H6/c1-3-6-15-13(2)9-11-18-16-8-5-4-7-14(16)10-12-17(15)18;2*1-2/h4-5,7-9,11H,3,6,10,12H2,1-2H3;2*1-2H3. The summed E-state index contributed by atoms with van der Waals surface area (Å²) >= 11 is 0. The van der Waals surface area contributed by atoms with Crippen molar-refractivity contribution in [3.8, 4) is 11.1 Å². The zero-order chi connectivity index (χ0) is 16.5. The number of hydrogen-bond acceptors (Lipinski definition) is 0. The normalized spacial score (nSPS) is 11.2. The van der Waals surface area contributed by atoms with Crippen LogP contribution in [-0.4, -0.2) is 0 Å². The van der Waals surface area contributed by atoms with E-state index in [2.05, 4.69) is 50.2 Å². The first kappa shape index (κ1) is 18.5. The largest absolute Gasteiger partial charge is 0.0683 e. The molecule has 3 rings (SSSR count). The van der Waals surface area contributed by atoms with Crippen LogP contribution < -0.4 is 0 Å². The molecule has 0 bridgehead atoms. The molecule has 0 radical (unpaired) electrons. The fourth-order valence-corrected chi connectivity index (χ4v) is 3.21. The summed E-state index contributed by atoms with van der Waals surface area (Å²) in [7, 11) is 0. The Morgan fingerprint density at radius 1 is 0.818 bits per heavy atom. The van der Waals surface area contributed by atoms with Crippen LogP contribution in [-0.2, 0) is 19.3 Å². The maximum absolute atomic E-state index is 2.32. The summed E-state index contributed by atoms with van der Waals surface area (Å²) in [5, 5.41) is 0. The number of hydrogen-bond donors (Lipinski definition) is 0. The molecule has 0 saturated heterocycles. The van der Waals surface area contributed by atoms with Crippen molar-refractivity contribution in [2.45, 2.75) is 67.2 Å². The van der Waals surface area contributed by atoms with Gasteiger partial charge in [0.15, 0.2) is 0 Å². The molecule has 0 nitrogen and oxygen atoms in total. The topological polar surface area (TPSA) is 0 Å². The van der Waals surface area contributed by atoms with Crippen LogP contribution >= 0.6 is 0 Å². The molecule has 1 aliphatic carbocycles. The lowest BCUT2D eigenvalue weighted by molar-refractivity contribution is 0.859. The molecule has 0 unspecified atom stereocenters. The molecule has 0 fully saturated rings. The Morgan fingerprint density at radius 3 is 2.18 bits per heavy atom. The van der Waals surface area contributed by atoms with Gasteiger partial charge < -0.3 is 0 Å². The molecule has 120 valence electrons. The van der Waals surface area contributed by atoms with E-state index in [1.54, 1.807) is 11.1 Å². The molecular formula is C22H32. The zero-order valence-electron chi connectivity index (χ0n) is 15.3. The van der Waals surface area contributed by atoms with Crippen molar-refractivity contribution in [1.82, 2.24) is 0 Å². The highest BCUT2D eigenvalue weighted by molar-refractivity contribution is 5.74. The minimum Gasteiger partial charge on any atom is -0.0683 e. The molecule has 2 aromatic rings. The van der Waals surface area contributed by atoms with Crippen LogP contribution in [0.5, 0.6) is 0 Å². The maximum Gasteiger partial charge on any atom is -0.0146 e. The van der Waals surface area contributed by atoms with Gasteiger partial charge in [0.2, 0.25) is 0 Å². The van der Waals surface area contributed by atoms with Crippen LogP contribution in [0.1, 0.15) is 63.3 Å². The summed E-state index contributed by atoms with van der Waals surface area (Å²) in [6.45, 7) is 12.5. The lowest BCUT2D eigenvalue weighted by Gasteiger charge is -2.23. The van der Waals surface area contributed by atoms with Gasteiger partial charge in [-0.15, -0.1) is 0 Å². The van der Waals surface area contributed by atoms with Crippen LogP contribution in [0.4, 0.5) is 0 Å². The van der Waals surface area contributed by atoms with Gasteiger partial charge in [-0.3, -0.25) is 0 Å². The van der Waals surface area contributed by atoms with Crippen LogP contribution in [0.15, 0.2) is 36.4 Å². The molecule has 2 aromatic carbocycles. The monoisotopic (exact) mass is 296 g/mol. The van der Waals surface area contributed by atoms with Gasteiger partial charge in [-0.2, -0.15) is 0 Å². The first-order valence-electron chi connectivity index (χ1n) is 9.01. The molecule has 0 amide bonds. The molecule has 0 heteroatoms. The van der Waals surface area contributed by atoms with E-state index < -0.39 is 0 Å². The van der Waals surface area contributed by atoms with Gasteiger partial charge in [0.25, 0.3) is 0 Å². The Balaban J connectivity index is 0.000000561. The molecule has 0 N–H and O–H groups in total. The summed E-state index contributed by atoms with van der Waals surface area (Å²) in [6.07, 6.45) is 4.86. The highest BCUT2D eigenvalue weighted by atomic mass is 14.2. The lowest BCUT2D eigenvalue weighted by Crippen LogP contribution is -2.08. The molecule has 0 aliphatic heterocycles. The van der Waals surface area contributed by atoms with Gasteiger partial charge in [0, 0.05) is 0 Å². The van der Waals surface area contributed by atoms with E-state index in [1.165, 1.54) is 47.9 Å². The molecule has 0 spiro atoms. The van der Waals surface area contributed by atoms with Crippen molar-refractivity contribution < 1.29 is 0 Å². The zero-order valence-corrected chi connectivity index (χ0v) is 15.3. The molecule has 22 heavy (non-hydrogen) atoms. The van der Waals surface area contributed by atoms with Crippen molar-refractivity contribution in [3.05, 3.63) is 58.7 Å². The summed E-state index contributed by atoms with van der Waals surface area (Å²) in [6, 6.07) is 13.5. The second-order valence-electron chi connectivity index (χ2n) is 5.29. The first-order chi connectivity index (χ1) is 10.8.